The monoisotopic (exact) mass is 314 g/mol. The lowest BCUT2D eigenvalue weighted by Crippen LogP contribution is -2.31. The molecule has 2 saturated heterocycles. The Labute approximate surface area is 134 Å². The van der Waals surface area contributed by atoms with E-state index in [2.05, 4.69) is 4.90 Å². The third-order valence-corrected chi connectivity index (χ3v) is 4.92. The number of carbonyl (C=O) groups excluding carboxylic acids is 1. The minimum Gasteiger partial charge on any atom is -0.468 e. The summed E-state index contributed by atoms with van der Waals surface area (Å²) in [5.41, 5.74) is 0.645. The summed E-state index contributed by atoms with van der Waals surface area (Å²) < 4.78 is 18.8. The summed E-state index contributed by atoms with van der Waals surface area (Å²) in [6.07, 6.45) is 3.22. The molecular weight excluding hydrogens is 295 g/mol. The summed E-state index contributed by atoms with van der Waals surface area (Å²) >= 11 is 0. The lowest BCUT2D eigenvalue weighted by Gasteiger charge is -2.24. The fraction of sp³-hybridized carbons (Fsp3) is 0.389. The molecule has 4 nitrogen and oxygen atoms in total. The molecule has 2 aliphatic rings. The summed E-state index contributed by atoms with van der Waals surface area (Å²) in [7, 11) is 0. The van der Waals surface area contributed by atoms with E-state index in [-0.39, 0.29) is 17.1 Å². The highest BCUT2D eigenvalue weighted by molar-refractivity contribution is 5.96. The van der Waals surface area contributed by atoms with Crippen molar-refractivity contribution in [3.63, 3.8) is 0 Å². The molecule has 3 heterocycles. The lowest BCUT2D eigenvalue weighted by molar-refractivity contribution is -0.117. The molecule has 1 spiro atoms. The van der Waals surface area contributed by atoms with Gasteiger partial charge in [-0.25, -0.2) is 4.39 Å². The molecule has 2 aliphatic heterocycles. The smallest absolute Gasteiger partial charge is 0.227 e. The van der Waals surface area contributed by atoms with Crippen LogP contribution in [0.4, 0.5) is 10.1 Å². The first-order chi connectivity index (χ1) is 11.1. The Morgan fingerprint density at radius 3 is 2.91 bits per heavy atom. The van der Waals surface area contributed by atoms with Gasteiger partial charge in [-0.2, -0.15) is 0 Å². The molecule has 120 valence electrons. The van der Waals surface area contributed by atoms with Crippen LogP contribution in [0.2, 0.25) is 0 Å². The van der Waals surface area contributed by atoms with Crippen LogP contribution >= 0.6 is 0 Å². The van der Waals surface area contributed by atoms with Gasteiger partial charge in [-0.1, -0.05) is 6.07 Å². The summed E-state index contributed by atoms with van der Waals surface area (Å²) in [4.78, 5) is 16.5. The Morgan fingerprint density at radius 2 is 2.13 bits per heavy atom. The molecule has 1 atom stereocenters. The van der Waals surface area contributed by atoms with E-state index >= 15 is 0 Å². The molecule has 0 unspecified atom stereocenters. The van der Waals surface area contributed by atoms with Gasteiger partial charge in [0.25, 0.3) is 0 Å². The standard InChI is InChI=1S/C18H19FN2O2/c19-14-3-1-4-15(9-14)21-13-18(10-17(21)22)6-7-20(12-18)11-16-5-2-8-23-16/h1-5,8-9H,6-7,10-13H2/t18-/m0/s1. The largest absolute Gasteiger partial charge is 0.468 e. The van der Waals surface area contributed by atoms with E-state index in [0.29, 0.717) is 18.7 Å². The topological polar surface area (TPSA) is 36.7 Å². The Bertz CT molecular complexity index is 716. The van der Waals surface area contributed by atoms with E-state index in [9.17, 15) is 9.18 Å². The highest BCUT2D eigenvalue weighted by atomic mass is 19.1. The number of furan rings is 1. The van der Waals surface area contributed by atoms with Gasteiger partial charge >= 0.3 is 0 Å². The van der Waals surface area contributed by atoms with E-state index in [1.165, 1.54) is 12.1 Å². The predicted molar refractivity (Wildman–Crippen MR) is 84.4 cm³/mol. The van der Waals surface area contributed by atoms with Gasteiger partial charge in [0, 0.05) is 30.6 Å². The molecule has 4 rings (SSSR count). The highest BCUT2D eigenvalue weighted by Gasteiger charge is 2.47. The van der Waals surface area contributed by atoms with Gasteiger partial charge < -0.3 is 9.32 Å². The number of likely N-dealkylation sites (tertiary alicyclic amines) is 1. The molecule has 1 aromatic heterocycles. The van der Waals surface area contributed by atoms with E-state index in [0.717, 1.165) is 31.8 Å². The maximum absolute atomic E-state index is 13.4. The van der Waals surface area contributed by atoms with Crippen LogP contribution in [0.5, 0.6) is 0 Å². The van der Waals surface area contributed by atoms with E-state index < -0.39 is 0 Å². The normalized spacial score (nSPS) is 24.9. The average Bonchev–Trinajstić information content (AvgIpc) is 3.22. The Kier molecular flexibility index (Phi) is 3.45. The first-order valence-corrected chi connectivity index (χ1v) is 7.94. The van der Waals surface area contributed by atoms with Gasteiger partial charge in [0.1, 0.15) is 11.6 Å². The molecule has 0 saturated carbocycles. The number of rotatable bonds is 3. The minimum absolute atomic E-state index is 0.0179. The molecular formula is C18H19FN2O2. The van der Waals surface area contributed by atoms with Crippen LogP contribution < -0.4 is 4.90 Å². The molecule has 0 radical (unpaired) electrons. The van der Waals surface area contributed by atoms with Crippen LogP contribution in [0.3, 0.4) is 0 Å². The number of hydrogen-bond acceptors (Lipinski definition) is 3. The van der Waals surface area contributed by atoms with Gasteiger partial charge in [-0.15, -0.1) is 0 Å². The average molecular weight is 314 g/mol. The first-order valence-electron chi connectivity index (χ1n) is 7.94. The first kappa shape index (κ1) is 14.5. The third-order valence-electron chi connectivity index (χ3n) is 4.92. The van der Waals surface area contributed by atoms with Crippen LogP contribution in [0.15, 0.2) is 47.1 Å². The van der Waals surface area contributed by atoms with Crippen LogP contribution in [-0.2, 0) is 11.3 Å². The number of nitrogens with zero attached hydrogens (tertiary/aromatic N) is 2. The molecule has 23 heavy (non-hydrogen) atoms. The van der Waals surface area contributed by atoms with E-state index in [1.807, 2.05) is 12.1 Å². The van der Waals surface area contributed by atoms with Crippen LogP contribution in [0, 0.1) is 11.2 Å². The molecule has 2 aromatic rings. The highest BCUT2D eigenvalue weighted by Crippen LogP contribution is 2.42. The fourth-order valence-corrected chi connectivity index (χ4v) is 3.83. The zero-order chi connectivity index (χ0) is 15.9. The molecule has 5 heteroatoms. The Hall–Kier alpha value is -2.14. The van der Waals surface area contributed by atoms with Crippen molar-refractivity contribution in [1.82, 2.24) is 4.90 Å². The van der Waals surface area contributed by atoms with Crippen LogP contribution in [0.25, 0.3) is 0 Å². The van der Waals surface area contributed by atoms with Crippen LogP contribution in [0.1, 0.15) is 18.6 Å². The maximum Gasteiger partial charge on any atom is 0.227 e. The summed E-state index contributed by atoms with van der Waals surface area (Å²) in [6.45, 7) is 3.29. The van der Waals surface area contributed by atoms with Crippen molar-refractivity contribution >= 4 is 11.6 Å². The maximum atomic E-state index is 13.4. The number of benzene rings is 1. The molecule has 2 fully saturated rings. The fourth-order valence-electron chi connectivity index (χ4n) is 3.83. The van der Waals surface area contributed by atoms with Gasteiger partial charge in [0.2, 0.25) is 5.91 Å². The van der Waals surface area contributed by atoms with E-state index in [4.69, 9.17) is 4.42 Å². The van der Waals surface area contributed by atoms with Crippen molar-refractivity contribution in [2.75, 3.05) is 24.5 Å². The van der Waals surface area contributed by atoms with Crippen molar-refractivity contribution in [3.8, 4) is 0 Å². The van der Waals surface area contributed by atoms with E-state index in [1.54, 1.807) is 23.3 Å². The van der Waals surface area contributed by atoms with Gasteiger partial charge in [-0.05, 0) is 43.3 Å². The Morgan fingerprint density at radius 1 is 1.22 bits per heavy atom. The predicted octanol–water partition coefficient (Wildman–Crippen LogP) is 3.05. The molecule has 0 bridgehead atoms. The quantitative estimate of drug-likeness (QED) is 0.874. The summed E-state index contributed by atoms with van der Waals surface area (Å²) in [5, 5.41) is 0. The van der Waals surface area contributed by atoms with Crippen molar-refractivity contribution in [3.05, 3.63) is 54.2 Å². The zero-order valence-electron chi connectivity index (χ0n) is 12.9. The second-order valence-corrected chi connectivity index (χ2v) is 6.68. The summed E-state index contributed by atoms with van der Waals surface area (Å²) in [5.74, 6) is 0.742. The SMILES string of the molecule is O=C1C[C@]2(CCN(Cc3ccco3)C2)CN1c1cccc(F)c1. The second-order valence-electron chi connectivity index (χ2n) is 6.68. The molecule has 1 aromatic carbocycles. The number of hydrogen-bond donors (Lipinski definition) is 0. The summed E-state index contributed by atoms with van der Waals surface area (Å²) in [6, 6.07) is 10.2. The number of carbonyl (C=O) groups is 1. The van der Waals surface area contributed by atoms with Crippen molar-refractivity contribution in [1.29, 1.82) is 0 Å². The zero-order valence-corrected chi connectivity index (χ0v) is 12.9. The molecule has 0 N–H and O–H groups in total. The number of amides is 1. The number of halogens is 1. The second kappa shape index (κ2) is 5.49. The third kappa shape index (κ3) is 2.77. The van der Waals surface area contributed by atoms with Crippen molar-refractivity contribution in [2.24, 2.45) is 5.41 Å². The molecule has 0 aliphatic carbocycles. The minimum atomic E-state index is -0.304. The van der Waals surface area contributed by atoms with Crippen LogP contribution in [-0.4, -0.2) is 30.4 Å². The molecule has 1 amide bonds. The number of anilines is 1. The van der Waals surface area contributed by atoms with Crippen molar-refractivity contribution < 1.29 is 13.6 Å². The Balaban J connectivity index is 1.48. The van der Waals surface area contributed by atoms with Gasteiger partial charge in [0.05, 0.1) is 12.8 Å². The van der Waals surface area contributed by atoms with Gasteiger partial charge in [0.15, 0.2) is 0 Å². The van der Waals surface area contributed by atoms with Gasteiger partial charge in [-0.3, -0.25) is 9.69 Å². The lowest BCUT2D eigenvalue weighted by atomic mass is 9.86. The van der Waals surface area contributed by atoms with Crippen molar-refractivity contribution in [2.45, 2.75) is 19.4 Å².